The van der Waals surface area contributed by atoms with E-state index in [0.29, 0.717) is 18.7 Å². The summed E-state index contributed by atoms with van der Waals surface area (Å²) in [6, 6.07) is 2.00. The first-order chi connectivity index (χ1) is 8.17. The molecule has 0 aromatic carbocycles. The number of nitrogens with zero attached hydrogens (tertiary/aromatic N) is 3. The van der Waals surface area contributed by atoms with Crippen LogP contribution in [0.5, 0.6) is 0 Å². The highest BCUT2D eigenvalue weighted by Gasteiger charge is 2.16. The largest absolute Gasteiger partial charge is 0.349 e. The molecule has 1 rings (SSSR count). The molecule has 0 spiro atoms. The Morgan fingerprint density at radius 3 is 2.82 bits per heavy atom. The Morgan fingerprint density at radius 1 is 1.53 bits per heavy atom. The van der Waals surface area contributed by atoms with Gasteiger partial charge in [0.25, 0.3) is 0 Å². The van der Waals surface area contributed by atoms with Crippen LogP contribution in [0.25, 0.3) is 0 Å². The third-order valence-electron chi connectivity index (χ3n) is 2.33. The smallest absolute Gasteiger partial charge is 0.237 e. The van der Waals surface area contributed by atoms with Crippen LogP contribution in [0, 0.1) is 24.2 Å². The van der Waals surface area contributed by atoms with E-state index in [1.807, 2.05) is 19.9 Å². The van der Waals surface area contributed by atoms with Crippen molar-refractivity contribution in [3.63, 3.8) is 0 Å². The van der Waals surface area contributed by atoms with E-state index in [1.54, 1.807) is 12.4 Å². The molecule has 1 unspecified atom stereocenters. The van der Waals surface area contributed by atoms with Crippen LogP contribution in [-0.4, -0.2) is 15.9 Å². The van der Waals surface area contributed by atoms with Gasteiger partial charge in [0.2, 0.25) is 5.91 Å². The zero-order valence-electron chi connectivity index (χ0n) is 10.1. The number of aryl methyl sites for hydroxylation is 1. The lowest BCUT2D eigenvalue weighted by molar-refractivity contribution is -0.123. The van der Waals surface area contributed by atoms with Gasteiger partial charge in [-0.05, 0) is 13.3 Å². The molecule has 1 aromatic heterocycles. The van der Waals surface area contributed by atoms with E-state index in [2.05, 4.69) is 15.3 Å². The van der Waals surface area contributed by atoms with Crippen molar-refractivity contribution >= 4 is 5.91 Å². The van der Waals surface area contributed by atoms with Crippen molar-refractivity contribution in [2.45, 2.75) is 33.2 Å². The molecule has 0 aliphatic rings. The van der Waals surface area contributed by atoms with Crippen LogP contribution < -0.4 is 5.32 Å². The molecule has 1 amide bonds. The van der Waals surface area contributed by atoms with Crippen LogP contribution in [0.2, 0.25) is 0 Å². The summed E-state index contributed by atoms with van der Waals surface area (Å²) in [4.78, 5) is 19.8. The summed E-state index contributed by atoms with van der Waals surface area (Å²) in [5, 5.41) is 11.5. The fourth-order valence-electron chi connectivity index (χ4n) is 1.35. The van der Waals surface area contributed by atoms with Gasteiger partial charge in [0.05, 0.1) is 30.2 Å². The fourth-order valence-corrected chi connectivity index (χ4v) is 1.35. The molecule has 1 atom stereocenters. The van der Waals surface area contributed by atoms with Gasteiger partial charge in [0, 0.05) is 6.20 Å². The van der Waals surface area contributed by atoms with Crippen LogP contribution in [0.4, 0.5) is 0 Å². The van der Waals surface area contributed by atoms with Crippen molar-refractivity contribution in [3.05, 3.63) is 23.8 Å². The second kappa shape index (κ2) is 6.59. The maximum Gasteiger partial charge on any atom is 0.237 e. The molecular formula is C12H16N4O. The highest BCUT2D eigenvalue weighted by molar-refractivity contribution is 5.80. The fraction of sp³-hybridized carbons (Fsp3) is 0.500. The maximum absolute atomic E-state index is 11.6. The lowest BCUT2D eigenvalue weighted by Gasteiger charge is -2.08. The van der Waals surface area contributed by atoms with Gasteiger partial charge in [0.1, 0.15) is 5.92 Å². The third kappa shape index (κ3) is 4.19. The van der Waals surface area contributed by atoms with Gasteiger partial charge in [-0.3, -0.25) is 14.8 Å². The number of aromatic nitrogens is 2. The van der Waals surface area contributed by atoms with Crippen LogP contribution in [0.3, 0.4) is 0 Å². The molecule has 0 saturated heterocycles. The van der Waals surface area contributed by atoms with Crippen molar-refractivity contribution in [3.8, 4) is 6.07 Å². The standard InChI is InChI=1S/C12H16N4O/c1-3-4-10(5-13)12(17)16-8-11-7-14-9(2)6-15-11/h6-7,10H,3-4,8H2,1-2H3,(H,16,17). The Labute approximate surface area is 101 Å². The Balaban J connectivity index is 2.47. The first kappa shape index (κ1) is 13.1. The van der Waals surface area contributed by atoms with E-state index in [-0.39, 0.29) is 5.91 Å². The zero-order valence-corrected chi connectivity index (χ0v) is 10.1. The van der Waals surface area contributed by atoms with Crippen LogP contribution >= 0.6 is 0 Å². The highest BCUT2D eigenvalue weighted by Crippen LogP contribution is 2.05. The normalized spacial score (nSPS) is 11.6. The Morgan fingerprint density at radius 2 is 2.29 bits per heavy atom. The van der Waals surface area contributed by atoms with E-state index < -0.39 is 5.92 Å². The average molecular weight is 232 g/mol. The van der Waals surface area contributed by atoms with Gasteiger partial charge in [-0.15, -0.1) is 0 Å². The third-order valence-corrected chi connectivity index (χ3v) is 2.33. The van der Waals surface area contributed by atoms with Crippen molar-refractivity contribution in [1.82, 2.24) is 15.3 Å². The van der Waals surface area contributed by atoms with Crippen molar-refractivity contribution in [2.24, 2.45) is 5.92 Å². The summed E-state index contributed by atoms with van der Waals surface area (Å²) < 4.78 is 0. The van der Waals surface area contributed by atoms with Crippen LogP contribution in [0.1, 0.15) is 31.2 Å². The number of rotatable bonds is 5. The molecule has 0 bridgehead atoms. The minimum absolute atomic E-state index is 0.239. The quantitative estimate of drug-likeness (QED) is 0.830. The van der Waals surface area contributed by atoms with Gasteiger partial charge < -0.3 is 5.32 Å². The SMILES string of the molecule is CCCC(C#N)C(=O)NCc1cnc(C)cn1. The van der Waals surface area contributed by atoms with Crippen LogP contribution in [-0.2, 0) is 11.3 Å². The van der Waals surface area contributed by atoms with Gasteiger partial charge in [-0.1, -0.05) is 13.3 Å². The molecule has 0 aliphatic carbocycles. The summed E-state index contributed by atoms with van der Waals surface area (Å²) >= 11 is 0. The highest BCUT2D eigenvalue weighted by atomic mass is 16.1. The zero-order chi connectivity index (χ0) is 12.7. The van der Waals surface area contributed by atoms with Gasteiger partial charge >= 0.3 is 0 Å². The van der Waals surface area contributed by atoms with E-state index in [0.717, 1.165) is 12.1 Å². The molecule has 17 heavy (non-hydrogen) atoms. The molecule has 0 fully saturated rings. The van der Waals surface area contributed by atoms with Crippen molar-refractivity contribution < 1.29 is 4.79 Å². The predicted molar refractivity (Wildman–Crippen MR) is 62.6 cm³/mol. The molecule has 0 saturated carbocycles. The second-order valence-electron chi connectivity index (χ2n) is 3.84. The van der Waals surface area contributed by atoms with Gasteiger partial charge in [-0.25, -0.2) is 0 Å². The molecule has 0 aliphatic heterocycles. The number of carbonyl (C=O) groups excluding carboxylic acids is 1. The molecule has 1 aromatic rings. The van der Waals surface area contributed by atoms with Gasteiger partial charge in [0.15, 0.2) is 0 Å². The molecular weight excluding hydrogens is 216 g/mol. The molecule has 5 heteroatoms. The van der Waals surface area contributed by atoms with Crippen LogP contribution in [0.15, 0.2) is 12.4 Å². The summed E-state index contributed by atoms with van der Waals surface area (Å²) in [7, 11) is 0. The first-order valence-electron chi connectivity index (χ1n) is 5.62. The molecule has 0 radical (unpaired) electrons. The molecule has 90 valence electrons. The topological polar surface area (TPSA) is 78.7 Å². The minimum atomic E-state index is -0.571. The van der Waals surface area contributed by atoms with Crippen molar-refractivity contribution in [2.75, 3.05) is 0 Å². The first-order valence-corrected chi connectivity index (χ1v) is 5.62. The summed E-state index contributed by atoms with van der Waals surface area (Å²) in [6.07, 6.45) is 4.67. The number of carbonyl (C=O) groups is 1. The molecule has 1 N–H and O–H groups in total. The van der Waals surface area contributed by atoms with E-state index >= 15 is 0 Å². The summed E-state index contributed by atoms with van der Waals surface area (Å²) in [5.41, 5.74) is 1.53. The number of nitrogens with one attached hydrogen (secondary N) is 1. The average Bonchev–Trinajstić information content (AvgIpc) is 2.35. The predicted octanol–water partition coefficient (Wildman–Crippen LogP) is 1.34. The minimum Gasteiger partial charge on any atom is -0.349 e. The summed E-state index contributed by atoms with van der Waals surface area (Å²) in [6.45, 7) is 4.11. The number of amides is 1. The number of nitriles is 1. The summed E-state index contributed by atoms with van der Waals surface area (Å²) in [5.74, 6) is -0.810. The monoisotopic (exact) mass is 232 g/mol. The molecule has 1 heterocycles. The van der Waals surface area contributed by atoms with E-state index in [4.69, 9.17) is 5.26 Å². The van der Waals surface area contributed by atoms with Crippen molar-refractivity contribution in [1.29, 1.82) is 5.26 Å². The maximum atomic E-state index is 11.6. The Bertz CT molecular complexity index is 408. The molecule has 5 nitrogen and oxygen atoms in total. The lowest BCUT2D eigenvalue weighted by atomic mass is 10.1. The van der Waals surface area contributed by atoms with E-state index in [9.17, 15) is 4.79 Å². The Kier molecular flexibility index (Phi) is 5.08. The number of hydrogen-bond donors (Lipinski definition) is 1. The number of hydrogen-bond acceptors (Lipinski definition) is 4. The lowest BCUT2D eigenvalue weighted by Crippen LogP contribution is -2.29. The Hall–Kier alpha value is -1.96. The van der Waals surface area contributed by atoms with E-state index in [1.165, 1.54) is 0 Å². The second-order valence-corrected chi connectivity index (χ2v) is 3.84. The van der Waals surface area contributed by atoms with Gasteiger partial charge in [-0.2, -0.15) is 5.26 Å².